The third kappa shape index (κ3) is 3.09. The van der Waals surface area contributed by atoms with Crippen LogP contribution < -0.4 is 10.5 Å². The molecular weight excluding hydrogens is 271 g/mol. The molecule has 0 fully saturated rings. The third-order valence-corrected chi connectivity index (χ3v) is 2.58. The maximum Gasteiger partial charge on any atom is 0.387 e. The molecule has 2 rings (SSSR count). The topological polar surface area (TPSA) is 52.3 Å². The first-order valence-corrected chi connectivity index (χ1v) is 5.62. The van der Waals surface area contributed by atoms with E-state index in [0.29, 0.717) is 0 Å². The molecule has 0 heterocycles. The normalized spacial score (nSPS) is 10.6. The summed E-state index contributed by atoms with van der Waals surface area (Å²) in [7, 11) is 0. The average Bonchev–Trinajstić information content (AvgIpc) is 2.40. The molecule has 0 saturated carbocycles. The van der Waals surface area contributed by atoms with E-state index in [4.69, 9.17) is 5.73 Å². The summed E-state index contributed by atoms with van der Waals surface area (Å²) in [4.78, 5) is 12.1. The number of carbonyl (C=O) groups is 1. The molecule has 0 spiro atoms. The van der Waals surface area contributed by atoms with E-state index in [1.165, 1.54) is 36.4 Å². The number of halogens is 3. The highest BCUT2D eigenvalue weighted by Crippen LogP contribution is 2.20. The molecule has 0 aliphatic carbocycles. The van der Waals surface area contributed by atoms with E-state index < -0.39 is 18.2 Å². The zero-order chi connectivity index (χ0) is 14.7. The van der Waals surface area contributed by atoms with Gasteiger partial charge in [-0.1, -0.05) is 12.1 Å². The summed E-state index contributed by atoms with van der Waals surface area (Å²) < 4.78 is 41.7. The number of ketones is 1. The van der Waals surface area contributed by atoms with Crippen molar-refractivity contribution >= 4 is 11.5 Å². The fraction of sp³-hybridized carbons (Fsp3) is 0.0714. The van der Waals surface area contributed by atoms with E-state index in [1.54, 1.807) is 0 Å². The van der Waals surface area contributed by atoms with Crippen LogP contribution >= 0.6 is 0 Å². The summed E-state index contributed by atoms with van der Waals surface area (Å²) >= 11 is 0. The highest BCUT2D eigenvalue weighted by Gasteiger charge is 2.13. The molecule has 0 radical (unpaired) electrons. The highest BCUT2D eigenvalue weighted by atomic mass is 19.3. The molecule has 2 aromatic rings. The second-order valence-electron chi connectivity index (χ2n) is 3.97. The standard InChI is InChI=1S/C14H10F3NO2/c15-11-7-9(4-5-12(11)18)13(19)8-2-1-3-10(6-8)20-14(16)17/h1-7,14H,18H2. The predicted molar refractivity (Wildman–Crippen MR) is 67.3 cm³/mol. The van der Waals surface area contributed by atoms with Gasteiger partial charge in [-0.2, -0.15) is 8.78 Å². The molecule has 3 nitrogen and oxygen atoms in total. The van der Waals surface area contributed by atoms with Gasteiger partial charge in [-0.25, -0.2) is 4.39 Å². The molecule has 0 atom stereocenters. The number of hydrogen-bond donors (Lipinski definition) is 1. The average molecular weight is 281 g/mol. The number of nitrogens with two attached hydrogens (primary N) is 1. The van der Waals surface area contributed by atoms with Crippen LogP contribution in [0.3, 0.4) is 0 Å². The van der Waals surface area contributed by atoms with Crippen LogP contribution in [-0.4, -0.2) is 12.4 Å². The molecule has 6 heteroatoms. The Bertz CT molecular complexity index is 644. The lowest BCUT2D eigenvalue weighted by atomic mass is 10.0. The molecule has 0 aliphatic heterocycles. The molecule has 104 valence electrons. The minimum atomic E-state index is -2.98. The Labute approximate surface area is 112 Å². The zero-order valence-electron chi connectivity index (χ0n) is 10.1. The van der Waals surface area contributed by atoms with Crippen LogP contribution in [-0.2, 0) is 0 Å². The quantitative estimate of drug-likeness (QED) is 0.691. The van der Waals surface area contributed by atoms with Gasteiger partial charge in [-0.3, -0.25) is 4.79 Å². The van der Waals surface area contributed by atoms with Crippen LogP contribution in [0.15, 0.2) is 42.5 Å². The number of anilines is 1. The van der Waals surface area contributed by atoms with Gasteiger partial charge in [0.15, 0.2) is 5.78 Å². The van der Waals surface area contributed by atoms with Gasteiger partial charge in [0.25, 0.3) is 0 Å². The molecule has 0 unspecified atom stereocenters. The number of nitrogen functional groups attached to an aromatic ring is 1. The number of carbonyl (C=O) groups excluding carboxylic acids is 1. The predicted octanol–water partition coefficient (Wildman–Crippen LogP) is 3.24. The van der Waals surface area contributed by atoms with Crippen LogP contribution in [0.2, 0.25) is 0 Å². The molecule has 0 amide bonds. The lowest BCUT2D eigenvalue weighted by molar-refractivity contribution is -0.0498. The van der Waals surface area contributed by atoms with E-state index in [9.17, 15) is 18.0 Å². The number of ether oxygens (including phenoxy) is 1. The van der Waals surface area contributed by atoms with E-state index in [-0.39, 0.29) is 22.6 Å². The fourth-order valence-electron chi connectivity index (χ4n) is 1.65. The van der Waals surface area contributed by atoms with E-state index >= 15 is 0 Å². The largest absolute Gasteiger partial charge is 0.435 e. The van der Waals surface area contributed by atoms with Gasteiger partial charge in [0.05, 0.1) is 5.69 Å². The minimum absolute atomic E-state index is 0.0728. The Balaban J connectivity index is 2.30. The number of alkyl halides is 2. The van der Waals surface area contributed by atoms with Gasteiger partial charge >= 0.3 is 6.61 Å². The first-order chi connectivity index (χ1) is 9.47. The van der Waals surface area contributed by atoms with Gasteiger partial charge in [-0.15, -0.1) is 0 Å². The van der Waals surface area contributed by atoms with Crippen molar-refractivity contribution < 1.29 is 22.7 Å². The van der Waals surface area contributed by atoms with Crippen LogP contribution in [0.25, 0.3) is 0 Å². The number of benzene rings is 2. The second kappa shape index (κ2) is 5.64. The van der Waals surface area contributed by atoms with Crippen molar-refractivity contribution in [3.8, 4) is 5.75 Å². The Morgan fingerprint density at radius 2 is 1.80 bits per heavy atom. The Morgan fingerprint density at radius 3 is 2.45 bits per heavy atom. The number of hydrogen-bond acceptors (Lipinski definition) is 3. The first-order valence-electron chi connectivity index (χ1n) is 5.62. The molecule has 0 bridgehead atoms. The molecule has 2 N–H and O–H groups in total. The van der Waals surface area contributed by atoms with Crippen molar-refractivity contribution in [1.82, 2.24) is 0 Å². The van der Waals surface area contributed by atoms with Crippen molar-refractivity contribution in [2.24, 2.45) is 0 Å². The van der Waals surface area contributed by atoms with Gasteiger partial charge in [0.2, 0.25) is 0 Å². The van der Waals surface area contributed by atoms with Gasteiger partial charge in [0.1, 0.15) is 11.6 Å². The monoisotopic (exact) mass is 281 g/mol. The lowest BCUT2D eigenvalue weighted by Crippen LogP contribution is -2.05. The molecule has 2 aromatic carbocycles. The summed E-state index contributed by atoms with van der Waals surface area (Å²) in [5.74, 6) is -1.36. The Hall–Kier alpha value is -2.50. The molecular formula is C14H10F3NO2. The zero-order valence-corrected chi connectivity index (χ0v) is 10.1. The SMILES string of the molecule is Nc1ccc(C(=O)c2cccc(OC(F)F)c2)cc1F. The van der Waals surface area contributed by atoms with Crippen molar-refractivity contribution in [3.05, 3.63) is 59.4 Å². The summed E-state index contributed by atoms with van der Waals surface area (Å²) in [5.41, 5.74) is 5.44. The minimum Gasteiger partial charge on any atom is -0.435 e. The second-order valence-corrected chi connectivity index (χ2v) is 3.97. The van der Waals surface area contributed by atoms with Crippen molar-refractivity contribution in [1.29, 1.82) is 0 Å². The first kappa shape index (κ1) is 13.9. The summed E-state index contributed by atoms with van der Waals surface area (Å²) in [6.45, 7) is -2.98. The van der Waals surface area contributed by atoms with Gasteiger partial charge in [-0.05, 0) is 30.3 Å². The maximum atomic E-state index is 13.3. The fourth-order valence-corrected chi connectivity index (χ4v) is 1.65. The lowest BCUT2D eigenvalue weighted by Gasteiger charge is -2.07. The molecule has 0 aromatic heterocycles. The van der Waals surface area contributed by atoms with Gasteiger partial charge in [0, 0.05) is 11.1 Å². The Kier molecular flexibility index (Phi) is 3.93. The summed E-state index contributed by atoms with van der Waals surface area (Å²) in [6, 6.07) is 8.92. The van der Waals surface area contributed by atoms with Crippen molar-refractivity contribution in [2.45, 2.75) is 6.61 Å². The van der Waals surface area contributed by atoms with Crippen LogP contribution in [0.1, 0.15) is 15.9 Å². The Morgan fingerprint density at radius 1 is 1.10 bits per heavy atom. The molecule has 0 saturated heterocycles. The van der Waals surface area contributed by atoms with Crippen molar-refractivity contribution in [3.63, 3.8) is 0 Å². The van der Waals surface area contributed by atoms with Crippen molar-refractivity contribution in [2.75, 3.05) is 5.73 Å². The highest BCUT2D eigenvalue weighted by molar-refractivity contribution is 6.09. The summed E-state index contributed by atoms with van der Waals surface area (Å²) in [6.07, 6.45) is 0. The maximum absolute atomic E-state index is 13.3. The van der Waals surface area contributed by atoms with Crippen LogP contribution in [0.4, 0.5) is 18.9 Å². The molecule has 20 heavy (non-hydrogen) atoms. The van der Waals surface area contributed by atoms with Crippen LogP contribution in [0.5, 0.6) is 5.75 Å². The van der Waals surface area contributed by atoms with Gasteiger partial charge < -0.3 is 10.5 Å². The summed E-state index contributed by atoms with van der Waals surface area (Å²) in [5, 5.41) is 0. The van der Waals surface area contributed by atoms with E-state index in [1.807, 2.05) is 0 Å². The van der Waals surface area contributed by atoms with E-state index in [0.717, 1.165) is 6.07 Å². The van der Waals surface area contributed by atoms with Crippen LogP contribution in [0, 0.1) is 5.82 Å². The van der Waals surface area contributed by atoms with E-state index in [2.05, 4.69) is 4.74 Å². The third-order valence-electron chi connectivity index (χ3n) is 2.58. The number of rotatable bonds is 4. The smallest absolute Gasteiger partial charge is 0.387 e. The molecule has 0 aliphatic rings.